The van der Waals surface area contributed by atoms with E-state index in [4.69, 9.17) is 4.74 Å². The predicted octanol–water partition coefficient (Wildman–Crippen LogP) is 2.95. The molecule has 4 rings (SSSR count). The van der Waals surface area contributed by atoms with Crippen LogP contribution in [-0.2, 0) is 6.54 Å². The number of hydrogen-bond acceptors (Lipinski definition) is 5. The molecule has 7 nitrogen and oxygen atoms in total. The van der Waals surface area contributed by atoms with Crippen molar-refractivity contribution in [3.63, 3.8) is 0 Å². The quantitative estimate of drug-likeness (QED) is 0.688. The third kappa shape index (κ3) is 4.19. The number of halogens is 2. The number of carbonyl (C=O) groups excluding carboxylic acids is 1. The van der Waals surface area contributed by atoms with Crippen molar-refractivity contribution < 1.29 is 18.3 Å². The van der Waals surface area contributed by atoms with Crippen LogP contribution in [0.3, 0.4) is 0 Å². The number of anilines is 1. The Kier molecular flexibility index (Phi) is 4.91. The minimum absolute atomic E-state index is 0.204. The smallest absolute Gasteiger partial charge is 0.274 e. The molecular weight excluding hydrogens is 380 g/mol. The summed E-state index contributed by atoms with van der Waals surface area (Å²) in [5, 5.41) is 8.12. The monoisotopic (exact) mass is 401 g/mol. The van der Waals surface area contributed by atoms with Gasteiger partial charge in [0.25, 0.3) is 11.8 Å². The zero-order valence-electron chi connectivity index (χ0n) is 16.2. The molecule has 29 heavy (non-hydrogen) atoms. The molecule has 0 spiro atoms. The van der Waals surface area contributed by atoms with Gasteiger partial charge in [-0.3, -0.25) is 14.4 Å². The fourth-order valence-corrected chi connectivity index (χ4v) is 3.35. The van der Waals surface area contributed by atoms with E-state index >= 15 is 0 Å². The van der Waals surface area contributed by atoms with Gasteiger partial charge in [-0.25, -0.2) is 13.8 Å². The standard InChI is InChI=1S/C20H21F2N5O2/c1-13-4-3-5-15(23-13)19(28)24-17-8-14-10-27(25-16(14)9-18(17)29-2)7-6-26-11-20(21,22)12-26/h3-5,8-10H,6-7,11-12H2,1-2H3,(H,24,28). The van der Waals surface area contributed by atoms with Crippen molar-refractivity contribution in [2.45, 2.75) is 19.4 Å². The summed E-state index contributed by atoms with van der Waals surface area (Å²) < 4.78 is 33.0. The number of amides is 1. The second kappa shape index (κ2) is 7.40. The first-order chi connectivity index (χ1) is 13.8. The number of methoxy groups -OCH3 is 1. The maximum absolute atomic E-state index is 12.9. The van der Waals surface area contributed by atoms with Crippen molar-refractivity contribution in [3.05, 3.63) is 47.9 Å². The highest BCUT2D eigenvalue weighted by atomic mass is 19.3. The lowest BCUT2D eigenvalue weighted by atomic mass is 10.1. The molecule has 2 aromatic heterocycles. The van der Waals surface area contributed by atoms with Crippen LogP contribution in [-0.4, -0.2) is 58.2 Å². The Morgan fingerprint density at radius 1 is 1.28 bits per heavy atom. The summed E-state index contributed by atoms with van der Waals surface area (Å²) in [7, 11) is 1.52. The van der Waals surface area contributed by atoms with Crippen molar-refractivity contribution in [3.8, 4) is 5.75 Å². The van der Waals surface area contributed by atoms with Gasteiger partial charge in [-0.1, -0.05) is 6.07 Å². The molecule has 1 aromatic carbocycles. The summed E-state index contributed by atoms with van der Waals surface area (Å²) in [5.74, 6) is -2.43. The first-order valence-electron chi connectivity index (χ1n) is 9.23. The van der Waals surface area contributed by atoms with Gasteiger partial charge in [0, 0.05) is 29.9 Å². The number of aromatic nitrogens is 3. The van der Waals surface area contributed by atoms with Crippen LogP contribution in [0.25, 0.3) is 10.9 Å². The number of likely N-dealkylation sites (tertiary alicyclic amines) is 1. The Bertz CT molecular complexity index is 1060. The summed E-state index contributed by atoms with van der Waals surface area (Å²) in [6, 6.07) is 8.76. The maximum Gasteiger partial charge on any atom is 0.274 e. The predicted molar refractivity (Wildman–Crippen MR) is 105 cm³/mol. The van der Waals surface area contributed by atoms with Gasteiger partial charge in [0.2, 0.25) is 0 Å². The summed E-state index contributed by atoms with van der Waals surface area (Å²) in [6.45, 7) is 2.42. The van der Waals surface area contributed by atoms with E-state index in [-0.39, 0.29) is 19.0 Å². The fraction of sp³-hybridized carbons (Fsp3) is 0.350. The molecule has 0 unspecified atom stereocenters. The first-order valence-corrected chi connectivity index (χ1v) is 9.23. The lowest BCUT2D eigenvalue weighted by Crippen LogP contribution is -2.56. The van der Waals surface area contributed by atoms with Crippen molar-refractivity contribution in [2.75, 3.05) is 32.1 Å². The molecule has 0 saturated carbocycles. The number of nitrogens with zero attached hydrogens (tertiary/aromatic N) is 4. The number of nitrogens with one attached hydrogen (secondary N) is 1. The molecule has 1 fully saturated rings. The molecular formula is C20H21F2N5O2. The van der Waals surface area contributed by atoms with Crippen molar-refractivity contribution in [1.82, 2.24) is 19.7 Å². The lowest BCUT2D eigenvalue weighted by molar-refractivity contribution is -0.131. The number of rotatable bonds is 6. The summed E-state index contributed by atoms with van der Waals surface area (Å²) in [4.78, 5) is 18.4. The highest BCUT2D eigenvalue weighted by Crippen LogP contribution is 2.30. The van der Waals surface area contributed by atoms with Crippen molar-refractivity contribution in [2.24, 2.45) is 0 Å². The molecule has 1 aliphatic rings. The van der Waals surface area contributed by atoms with Crippen molar-refractivity contribution >= 4 is 22.5 Å². The minimum atomic E-state index is -2.57. The van der Waals surface area contributed by atoms with Gasteiger partial charge in [0.1, 0.15) is 11.4 Å². The van der Waals surface area contributed by atoms with E-state index in [1.807, 2.05) is 19.2 Å². The van der Waals surface area contributed by atoms with E-state index in [0.29, 0.717) is 35.7 Å². The Hall–Kier alpha value is -3.07. The summed E-state index contributed by atoms with van der Waals surface area (Å²) in [5.41, 5.74) is 2.27. The lowest BCUT2D eigenvalue weighted by Gasteiger charge is -2.38. The van der Waals surface area contributed by atoms with Crippen LogP contribution in [0.2, 0.25) is 0 Å². The highest BCUT2D eigenvalue weighted by molar-refractivity contribution is 6.05. The number of alkyl halides is 2. The minimum Gasteiger partial charge on any atom is -0.494 e. The molecule has 3 aromatic rings. The fourth-order valence-electron chi connectivity index (χ4n) is 3.35. The summed E-state index contributed by atoms with van der Waals surface area (Å²) in [6.07, 6.45) is 1.83. The van der Waals surface area contributed by atoms with Gasteiger partial charge in [0.15, 0.2) is 0 Å². The highest BCUT2D eigenvalue weighted by Gasteiger charge is 2.43. The molecule has 0 bridgehead atoms. The molecule has 1 amide bonds. The van der Waals surface area contributed by atoms with E-state index in [0.717, 1.165) is 11.1 Å². The van der Waals surface area contributed by atoms with Gasteiger partial charge in [-0.05, 0) is 25.1 Å². The number of carbonyl (C=O) groups is 1. The molecule has 152 valence electrons. The Morgan fingerprint density at radius 2 is 2.07 bits per heavy atom. The number of pyridine rings is 1. The van der Waals surface area contributed by atoms with E-state index in [1.165, 1.54) is 7.11 Å². The number of fused-ring (bicyclic) bond motifs is 1. The van der Waals surface area contributed by atoms with Crippen LogP contribution < -0.4 is 10.1 Å². The number of hydrogen-bond donors (Lipinski definition) is 1. The van der Waals surface area contributed by atoms with Crippen molar-refractivity contribution in [1.29, 1.82) is 0 Å². The zero-order chi connectivity index (χ0) is 20.6. The van der Waals surface area contributed by atoms with E-state index < -0.39 is 5.92 Å². The van der Waals surface area contributed by atoms with Gasteiger partial charge in [-0.15, -0.1) is 0 Å². The second-order valence-corrected chi connectivity index (χ2v) is 7.19. The Morgan fingerprint density at radius 3 is 2.76 bits per heavy atom. The molecule has 1 saturated heterocycles. The normalized spacial score (nSPS) is 15.9. The average molecular weight is 401 g/mol. The Balaban J connectivity index is 1.51. The van der Waals surface area contributed by atoms with Gasteiger partial charge in [0.05, 0.1) is 37.9 Å². The third-order valence-electron chi connectivity index (χ3n) is 4.80. The molecule has 0 radical (unpaired) electrons. The van der Waals surface area contributed by atoms with Crippen LogP contribution in [0.1, 0.15) is 16.2 Å². The van der Waals surface area contributed by atoms with Gasteiger partial charge in [-0.2, -0.15) is 5.10 Å². The van der Waals surface area contributed by atoms with Crippen LogP contribution in [0.4, 0.5) is 14.5 Å². The molecule has 0 aliphatic carbocycles. The number of aryl methyl sites for hydroxylation is 1. The zero-order valence-corrected chi connectivity index (χ0v) is 16.2. The van der Waals surface area contributed by atoms with Gasteiger partial charge >= 0.3 is 0 Å². The summed E-state index contributed by atoms with van der Waals surface area (Å²) >= 11 is 0. The van der Waals surface area contributed by atoms with Crippen LogP contribution in [0, 0.1) is 6.92 Å². The molecule has 1 N–H and O–H groups in total. The van der Waals surface area contributed by atoms with Crippen LogP contribution in [0.5, 0.6) is 5.75 Å². The average Bonchev–Trinajstić information content (AvgIpc) is 3.05. The first kappa shape index (κ1) is 19.3. The molecule has 3 heterocycles. The van der Waals surface area contributed by atoms with Gasteiger partial charge < -0.3 is 10.1 Å². The van der Waals surface area contributed by atoms with E-state index in [2.05, 4.69) is 15.4 Å². The second-order valence-electron chi connectivity index (χ2n) is 7.19. The molecule has 0 atom stereocenters. The topological polar surface area (TPSA) is 72.3 Å². The Labute approximate surface area is 166 Å². The van der Waals surface area contributed by atoms with E-state index in [1.54, 1.807) is 33.8 Å². The van der Waals surface area contributed by atoms with Crippen LogP contribution >= 0.6 is 0 Å². The SMILES string of the molecule is COc1cc2nn(CCN3CC(F)(F)C3)cc2cc1NC(=O)c1cccc(C)n1. The molecule has 9 heteroatoms. The number of ether oxygens (including phenoxy) is 1. The molecule has 1 aliphatic heterocycles. The number of benzene rings is 1. The third-order valence-corrected chi connectivity index (χ3v) is 4.80. The van der Waals surface area contributed by atoms with E-state index in [9.17, 15) is 13.6 Å². The largest absolute Gasteiger partial charge is 0.494 e. The van der Waals surface area contributed by atoms with Crippen LogP contribution in [0.15, 0.2) is 36.5 Å². The maximum atomic E-state index is 12.9.